The maximum atomic E-state index is 4.88. The molecule has 0 aliphatic carbocycles. The van der Waals surface area contributed by atoms with Crippen LogP contribution in [0.2, 0.25) is 0 Å². The van der Waals surface area contributed by atoms with Crippen LogP contribution in [0.3, 0.4) is 0 Å². The summed E-state index contributed by atoms with van der Waals surface area (Å²) < 4.78 is 0. The van der Waals surface area contributed by atoms with Crippen molar-refractivity contribution in [3.05, 3.63) is 276 Å². The van der Waals surface area contributed by atoms with Crippen LogP contribution in [0.1, 0.15) is 56.7 Å². The minimum absolute atomic E-state index is 0.546. The lowest BCUT2D eigenvalue weighted by molar-refractivity contribution is 0.740. The predicted molar refractivity (Wildman–Crippen MR) is 308 cm³/mol. The topological polar surface area (TPSA) is 116 Å². The Kier molecular flexibility index (Phi) is 17.2. The summed E-state index contributed by atoms with van der Waals surface area (Å²) in [6.07, 6.45) is 14.9. The standard InChI is InChI=1S/C62H58N12S2/c1-47-35-57(71(39-49-19-3-11-27-63-49)40-50-20-4-12-28-64-50)61(58(36-47)72(41-51-21-5-13-29-65-51)42-52-22-6-14-30-66-52)75-76-62-59(73(43-53-23-7-15-31-67-53)44-54-24-8-16-32-68-54)37-48(2)38-60(62)74(45-55-25-9-17-33-69-55)46-56-26-10-18-34-70-56/h3-38H,39-46H2,1-2H3. The van der Waals surface area contributed by atoms with Gasteiger partial charge in [-0.3, -0.25) is 39.9 Å². The minimum Gasteiger partial charge on any atom is -0.359 e. The lowest BCUT2D eigenvalue weighted by Gasteiger charge is -2.34. The zero-order chi connectivity index (χ0) is 51.7. The highest BCUT2D eigenvalue weighted by atomic mass is 33.1. The second kappa shape index (κ2) is 25.7. The fourth-order valence-electron chi connectivity index (χ4n) is 9.07. The molecule has 10 rings (SSSR count). The van der Waals surface area contributed by atoms with E-state index in [4.69, 9.17) is 39.9 Å². The van der Waals surface area contributed by atoms with Gasteiger partial charge in [-0.05, 0) is 168 Å². The molecule has 0 atom stereocenters. The molecule has 0 amide bonds. The Balaban J connectivity index is 1.19. The molecule has 0 aliphatic rings. The van der Waals surface area contributed by atoms with Gasteiger partial charge in [-0.25, -0.2) is 0 Å². The summed E-state index contributed by atoms with van der Waals surface area (Å²) in [6.45, 7) is 8.73. The first-order chi connectivity index (χ1) is 37.5. The van der Waals surface area contributed by atoms with Crippen molar-refractivity contribution in [2.45, 2.75) is 76.0 Å². The van der Waals surface area contributed by atoms with Crippen LogP contribution in [0.15, 0.2) is 229 Å². The summed E-state index contributed by atoms with van der Waals surface area (Å²) in [6, 6.07) is 58.2. The van der Waals surface area contributed by atoms with Gasteiger partial charge in [0, 0.05) is 49.6 Å². The predicted octanol–water partition coefficient (Wildman–Crippen LogP) is 13.1. The summed E-state index contributed by atoms with van der Waals surface area (Å²) >= 11 is 0. The second-order valence-corrected chi connectivity index (χ2v) is 20.6. The van der Waals surface area contributed by atoms with Gasteiger partial charge in [0.15, 0.2) is 0 Å². The molecular weight excluding hydrogens is 977 g/mol. The number of anilines is 4. The molecule has 0 fully saturated rings. The molecule has 2 aromatic carbocycles. The van der Waals surface area contributed by atoms with Gasteiger partial charge in [-0.15, -0.1) is 0 Å². The van der Waals surface area contributed by atoms with Crippen LogP contribution < -0.4 is 19.6 Å². The molecule has 76 heavy (non-hydrogen) atoms. The van der Waals surface area contributed by atoms with Crippen LogP contribution >= 0.6 is 21.6 Å². The van der Waals surface area contributed by atoms with Crippen molar-refractivity contribution < 1.29 is 0 Å². The van der Waals surface area contributed by atoms with Crippen molar-refractivity contribution in [3.8, 4) is 0 Å². The normalized spacial score (nSPS) is 11.0. The molecule has 0 bridgehead atoms. The number of hydrogen-bond acceptors (Lipinski definition) is 14. The third-order valence-corrected chi connectivity index (χ3v) is 15.1. The first-order valence-electron chi connectivity index (χ1n) is 25.3. The molecule has 0 unspecified atom stereocenters. The number of rotatable bonds is 23. The monoisotopic (exact) mass is 1030 g/mol. The van der Waals surface area contributed by atoms with E-state index < -0.39 is 0 Å². The molecule has 8 aromatic heterocycles. The molecule has 0 saturated heterocycles. The molecule has 0 saturated carbocycles. The summed E-state index contributed by atoms with van der Waals surface area (Å²) in [4.78, 5) is 50.8. The van der Waals surface area contributed by atoms with Crippen LogP contribution in [0.4, 0.5) is 22.7 Å². The van der Waals surface area contributed by atoms with Crippen LogP contribution in [0.25, 0.3) is 0 Å². The Bertz CT molecular complexity index is 2750. The third kappa shape index (κ3) is 13.8. The van der Waals surface area contributed by atoms with E-state index in [0.717, 1.165) is 89.2 Å². The van der Waals surface area contributed by atoms with Gasteiger partial charge >= 0.3 is 0 Å². The van der Waals surface area contributed by atoms with Crippen LogP contribution in [-0.4, -0.2) is 39.9 Å². The van der Waals surface area contributed by atoms with Crippen molar-refractivity contribution in [2.24, 2.45) is 0 Å². The quantitative estimate of drug-likeness (QED) is 0.0566. The Hall–Kier alpha value is -8.46. The van der Waals surface area contributed by atoms with E-state index in [2.05, 4.69) is 155 Å². The van der Waals surface area contributed by atoms with Crippen molar-refractivity contribution in [2.75, 3.05) is 19.6 Å². The van der Waals surface area contributed by atoms with Gasteiger partial charge in [-0.2, -0.15) is 0 Å². The summed E-state index contributed by atoms with van der Waals surface area (Å²) in [7, 11) is 3.53. The van der Waals surface area contributed by atoms with Crippen LogP contribution in [0, 0.1) is 13.8 Å². The maximum absolute atomic E-state index is 4.88. The highest BCUT2D eigenvalue weighted by Gasteiger charge is 2.27. The Labute approximate surface area is 453 Å². The van der Waals surface area contributed by atoms with Crippen molar-refractivity contribution in [3.63, 3.8) is 0 Å². The summed E-state index contributed by atoms with van der Waals surface area (Å²) in [5.74, 6) is 0. The fourth-order valence-corrected chi connectivity index (χ4v) is 11.9. The molecular formula is C62H58N12S2. The first-order valence-corrected chi connectivity index (χ1v) is 27.5. The van der Waals surface area contributed by atoms with E-state index in [9.17, 15) is 0 Å². The molecule has 0 radical (unpaired) electrons. The highest BCUT2D eigenvalue weighted by Crippen LogP contribution is 2.54. The fraction of sp³-hybridized carbons (Fsp3) is 0.161. The summed E-state index contributed by atoms with van der Waals surface area (Å²) in [5, 5.41) is 0. The van der Waals surface area contributed by atoms with Gasteiger partial charge in [0.05, 0.1) is 130 Å². The second-order valence-electron chi connectivity index (χ2n) is 18.4. The number of pyridine rings is 8. The molecule has 14 heteroatoms. The lowest BCUT2D eigenvalue weighted by Crippen LogP contribution is -2.27. The Morgan fingerprint density at radius 3 is 0.579 bits per heavy atom. The van der Waals surface area contributed by atoms with Crippen LogP contribution in [-0.2, 0) is 52.4 Å². The molecule has 0 spiro atoms. The Morgan fingerprint density at radius 1 is 0.263 bits per heavy atom. The SMILES string of the molecule is Cc1cc(N(Cc2ccccn2)Cc2ccccn2)c(SSc2c(N(Cc3ccccn3)Cc3ccccn3)cc(C)cc2N(Cc2ccccn2)Cc2ccccn2)c(N(Cc2ccccn2)Cc2ccccn2)c1. The number of nitrogens with zero attached hydrogens (tertiary/aromatic N) is 12. The van der Waals surface area contributed by atoms with E-state index in [0.29, 0.717) is 52.4 Å². The number of aryl methyl sites for hydroxylation is 2. The van der Waals surface area contributed by atoms with Crippen molar-refractivity contribution in [1.29, 1.82) is 0 Å². The van der Waals surface area contributed by atoms with E-state index in [1.54, 1.807) is 21.6 Å². The van der Waals surface area contributed by atoms with Gasteiger partial charge in [0.1, 0.15) is 0 Å². The first kappa shape index (κ1) is 51.0. The molecule has 12 nitrogen and oxygen atoms in total. The zero-order valence-corrected chi connectivity index (χ0v) is 44.3. The van der Waals surface area contributed by atoms with E-state index in [-0.39, 0.29) is 0 Å². The average molecular weight is 1040 g/mol. The zero-order valence-electron chi connectivity index (χ0n) is 42.6. The van der Waals surface area contributed by atoms with Gasteiger partial charge in [0.25, 0.3) is 0 Å². The van der Waals surface area contributed by atoms with E-state index in [1.807, 2.05) is 98.1 Å². The smallest absolute Gasteiger partial charge is 0.0654 e. The van der Waals surface area contributed by atoms with E-state index in [1.165, 1.54) is 0 Å². The molecule has 0 N–H and O–H groups in total. The minimum atomic E-state index is 0.546. The lowest BCUT2D eigenvalue weighted by atomic mass is 10.1. The number of benzene rings is 2. The molecule has 0 aliphatic heterocycles. The highest BCUT2D eigenvalue weighted by molar-refractivity contribution is 8.76. The van der Waals surface area contributed by atoms with Crippen molar-refractivity contribution in [1.82, 2.24) is 39.9 Å². The Morgan fingerprint density at radius 2 is 0.434 bits per heavy atom. The number of hydrogen-bond donors (Lipinski definition) is 0. The summed E-state index contributed by atoms with van der Waals surface area (Å²) in [5.41, 5.74) is 14.1. The van der Waals surface area contributed by atoms with Crippen LogP contribution in [0.5, 0.6) is 0 Å². The van der Waals surface area contributed by atoms with Gasteiger partial charge in [0.2, 0.25) is 0 Å². The van der Waals surface area contributed by atoms with E-state index >= 15 is 0 Å². The largest absolute Gasteiger partial charge is 0.359 e. The van der Waals surface area contributed by atoms with Gasteiger partial charge < -0.3 is 19.6 Å². The van der Waals surface area contributed by atoms with Gasteiger partial charge in [-0.1, -0.05) is 48.5 Å². The average Bonchev–Trinajstić information content (AvgIpc) is 3.48. The third-order valence-electron chi connectivity index (χ3n) is 12.6. The number of aromatic nitrogens is 8. The molecule has 378 valence electrons. The van der Waals surface area contributed by atoms with Crippen molar-refractivity contribution >= 4 is 44.3 Å². The maximum Gasteiger partial charge on any atom is 0.0654 e. The molecule has 8 heterocycles. The molecule has 10 aromatic rings.